The molecule has 5 nitrogen and oxygen atoms in total. The number of ether oxygens (including phenoxy) is 1. The molecule has 0 bridgehead atoms. The van der Waals surface area contributed by atoms with E-state index in [-0.39, 0.29) is 24.4 Å². The van der Waals surface area contributed by atoms with Crippen molar-refractivity contribution in [2.24, 2.45) is 0 Å². The van der Waals surface area contributed by atoms with Crippen LogP contribution in [0.4, 0.5) is 0 Å². The van der Waals surface area contributed by atoms with Crippen LogP contribution in [-0.4, -0.2) is 52.1 Å². The SMILES string of the molecule is CC1OCC2=C(C(O)C(O)CC2=O)C1O. The van der Waals surface area contributed by atoms with Gasteiger partial charge in [-0.05, 0) is 6.92 Å². The Morgan fingerprint density at radius 2 is 1.93 bits per heavy atom. The van der Waals surface area contributed by atoms with Crippen molar-refractivity contribution in [2.75, 3.05) is 6.61 Å². The molecule has 4 unspecified atom stereocenters. The van der Waals surface area contributed by atoms with E-state index in [2.05, 4.69) is 0 Å². The number of ketones is 1. The fourth-order valence-electron chi connectivity index (χ4n) is 2.05. The fourth-order valence-corrected chi connectivity index (χ4v) is 2.05. The summed E-state index contributed by atoms with van der Waals surface area (Å²) in [7, 11) is 0. The maximum atomic E-state index is 11.5. The first kappa shape index (κ1) is 10.8. The van der Waals surface area contributed by atoms with E-state index < -0.39 is 24.4 Å². The zero-order chi connectivity index (χ0) is 11.2. The quantitative estimate of drug-likeness (QED) is 0.469. The smallest absolute Gasteiger partial charge is 0.164 e. The Morgan fingerprint density at radius 1 is 1.27 bits per heavy atom. The lowest BCUT2D eigenvalue weighted by molar-refractivity contribution is -0.125. The lowest BCUT2D eigenvalue weighted by Gasteiger charge is -2.37. The summed E-state index contributed by atoms with van der Waals surface area (Å²) < 4.78 is 5.19. The minimum atomic E-state index is -1.15. The Labute approximate surface area is 87.0 Å². The molecule has 0 saturated heterocycles. The van der Waals surface area contributed by atoms with E-state index in [0.29, 0.717) is 5.57 Å². The van der Waals surface area contributed by atoms with Gasteiger partial charge in [-0.3, -0.25) is 4.79 Å². The summed E-state index contributed by atoms with van der Waals surface area (Å²) in [5, 5.41) is 28.9. The van der Waals surface area contributed by atoms with Crippen LogP contribution < -0.4 is 0 Å². The molecule has 0 aromatic carbocycles. The van der Waals surface area contributed by atoms with Gasteiger partial charge in [0, 0.05) is 17.6 Å². The van der Waals surface area contributed by atoms with Crippen LogP contribution in [0.15, 0.2) is 11.1 Å². The summed E-state index contributed by atoms with van der Waals surface area (Å²) in [6.07, 6.45) is -3.85. The number of carbonyl (C=O) groups excluding carboxylic acids is 1. The molecule has 2 rings (SSSR count). The number of aliphatic hydroxyl groups excluding tert-OH is 3. The number of Topliss-reactive ketones (excluding diaryl/α,β-unsaturated/α-hetero) is 1. The van der Waals surface area contributed by atoms with Crippen LogP contribution in [0.3, 0.4) is 0 Å². The normalized spacial score (nSPS) is 41.7. The highest BCUT2D eigenvalue weighted by molar-refractivity contribution is 5.98. The van der Waals surface area contributed by atoms with E-state index in [1.807, 2.05) is 0 Å². The fraction of sp³-hybridized carbons (Fsp3) is 0.700. The lowest BCUT2D eigenvalue weighted by Crippen LogP contribution is -2.48. The van der Waals surface area contributed by atoms with Crippen molar-refractivity contribution in [3.63, 3.8) is 0 Å². The largest absolute Gasteiger partial charge is 0.390 e. The van der Waals surface area contributed by atoms with E-state index in [0.717, 1.165) is 0 Å². The molecular formula is C10H14O5. The van der Waals surface area contributed by atoms with Crippen LogP contribution in [0.2, 0.25) is 0 Å². The molecule has 0 fully saturated rings. The average Bonchev–Trinajstić information content (AvgIpc) is 2.19. The second kappa shape index (κ2) is 3.68. The van der Waals surface area contributed by atoms with Gasteiger partial charge in [0.25, 0.3) is 0 Å². The summed E-state index contributed by atoms with van der Waals surface area (Å²) in [4.78, 5) is 11.5. The Hall–Kier alpha value is -0.750. The maximum Gasteiger partial charge on any atom is 0.164 e. The van der Waals surface area contributed by atoms with Crippen molar-refractivity contribution in [3.05, 3.63) is 11.1 Å². The highest BCUT2D eigenvalue weighted by atomic mass is 16.5. The van der Waals surface area contributed by atoms with Gasteiger partial charge in [-0.15, -0.1) is 0 Å². The Morgan fingerprint density at radius 3 is 2.60 bits per heavy atom. The zero-order valence-electron chi connectivity index (χ0n) is 8.38. The second-order valence-corrected chi connectivity index (χ2v) is 4.03. The van der Waals surface area contributed by atoms with Crippen molar-refractivity contribution in [1.29, 1.82) is 0 Å². The van der Waals surface area contributed by atoms with E-state index in [1.165, 1.54) is 0 Å². The third-order valence-electron chi connectivity index (χ3n) is 3.02. The minimum absolute atomic E-state index is 0.107. The Bertz CT molecular complexity index is 316. The molecule has 1 heterocycles. The number of hydrogen-bond acceptors (Lipinski definition) is 5. The maximum absolute atomic E-state index is 11.5. The first-order valence-electron chi connectivity index (χ1n) is 4.94. The summed E-state index contributed by atoms with van der Waals surface area (Å²) in [6.45, 7) is 1.77. The number of hydrogen-bond donors (Lipinski definition) is 3. The third kappa shape index (κ3) is 1.61. The van der Waals surface area contributed by atoms with Gasteiger partial charge in [-0.1, -0.05) is 0 Å². The predicted octanol–water partition coefficient (Wildman–Crippen LogP) is -1.24. The summed E-state index contributed by atoms with van der Waals surface area (Å²) in [6, 6.07) is 0. The van der Waals surface area contributed by atoms with Gasteiger partial charge in [-0.2, -0.15) is 0 Å². The zero-order valence-corrected chi connectivity index (χ0v) is 8.38. The van der Waals surface area contributed by atoms with Crippen molar-refractivity contribution >= 4 is 5.78 Å². The summed E-state index contributed by atoms with van der Waals surface area (Å²) in [5.74, 6) is -0.256. The molecule has 0 aromatic heterocycles. The van der Waals surface area contributed by atoms with Crippen LogP contribution in [0.5, 0.6) is 0 Å². The molecule has 15 heavy (non-hydrogen) atoms. The van der Waals surface area contributed by atoms with Gasteiger partial charge < -0.3 is 20.1 Å². The molecular weight excluding hydrogens is 200 g/mol. The van der Waals surface area contributed by atoms with Crippen molar-refractivity contribution in [1.82, 2.24) is 0 Å². The molecule has 1 aliphatic carbocycles. The number of rotatable bonds is 0. The molecule has 84 valence electrons. The van der Waals surface area contributed by atoms with Crippen LogP contribution in [-0.2, 0) is 9.53 Å². The van der Waals surface area contributed by atoms with Crippen molar-refractivity contribution < 1.29 is 24.9 Å². The molecule has 3 N–H and O–H groups in total. The van der Waals surface area contributed by atoms with Crippen LogP contribution in [0.1, 0.15) is 13.3 Å². The monoisotopic (exact) mass is 214 g/mol. The van der Waals surface area contributed by atoms with Gasteiger partial charge in [-0.25, -0.2) is 0 Å². The molecule has 4 atom stereocenters. The van der Waals surface area contributed by atoms with E-state index in [9.17, 15) is 20.1 Å². The third-order valence-corrected chi connectivity index (χ3v) is 3.02. The van der Waals surface area contributed by atoms with Crippen LogP contribution >= 0.6 is 0 Å². The van der Waals surface area contributed by atoms with Gasteiger partial charge in [0.1, 0.15) is 12.2 Å². The van der Waals surface area contributed by atoms with Crippen LogP contribution in [0.25, 0.3) is 0 Å². The van der Waals surface area contributed by atoms with Gasteiger partial charge >= 0.3 is 0 Å². The van der Waals surface area contributed by atoms with Crippen LogP contribution in [0, 0.1) is 0 Å². The predicted molar refractivity (Wildman–Crippen MR) is 50.1 cm³/mol. The molecule has 0 radical (unpaired) electrons. The van der Waals surface area contributed by atoms with Gasteiger partial charge in [0.15, 0.2) is 5.78 Å². The minimum Gasteiger partial charge on any atom is -0.390 e. The first-order chi connectivity index (χ1) is 7.02. The Balaban J connectivity index is 2.42. The molecule has 2 aliphatic rings. The number of carbonyl (C=O) groups is 1. The van der Waals surface area contributed by atoms with E-state index in [1.54, 1.807) is 6.92 Å². The Kier molecular flexibility index (Phi) is 2.64. The second-order valence-electron chi connectivity index (χ2n) is 4.03. The molecule has 0 amide bonds. The average molecular weight is 214 g/mol. The van der Waals surface area contributed by atoms with Crippen molar-refractivity contribution in [2.45, 2.75) is 37.8 Å². The molecule has 0 spiro atoms. The molecule has 5 heteroatoms. The highest BCUT2D eigenvalue weighted by Gasteiger charge is 2.41. The highest BCUT2D eigenvalue weighted by Crippen LogP contribution is 2.31. The van der Waals surface area contributed by atoms with E-state index >= 15 is 0 Å². The molecule has 0 aromatic rings. The van der Waals surface area contributed by atoms with Gasteiger partial charge in [0.2, 0.25) is 0 Å². The first-order valence-corrected chi connectivity index (χ1v) is 4.94. The lowest BCUT2D eigenvalue weighted by atomic mass is 9.81. The van der Waals surface area contributed by atoms with Crippen molar-refractivity contribution in [3.8, 4) is 0 Å². The molecule has 0 saturated carbocycles. The number of aliphatic hydroxyl groups is 3. The van der Waals surface area contributed by atoms with Gasteiger partial charge in [0.05, 0.1) is 18.8 Å². The summed E-state index contributed by atoms with van der Waals surface area (Å²) in [5.41, 5.74) is 0.552. The molecule has 1 aliphatic heterocycles. The van der Waals surface area contributed by atoms with E-state index in [4.69, 9.17) is 4.74 Å². The topological polar surface area (TPSA) is 87.0 Å². The summed E-state index contributed by atoms with van der Waals surface area (Å²) >= 11 is 0. The standard InChI is InChI=1S/C10H14O5/c1-4-9(13)8-5(3-15-4)6(11)2-7(12)10(8)14/h4,7,9-10,12-14H,2-3H2,1H3.